The Morgan fingerprint density at radius 1 is 1.15 bits per heavy atom. The Morgan fingerprint density at radius 3 is 2.70 bits per heavy atom. The van der Waals surface area contributed by atoms with Crippen LogP contribution >= 0.6 is 22.9 Å². The minimum Gasteiger partial charge on any atom is -0.336 e. The lowest BCUT2D eigenvalue weighted by Crippen LogP contribution is -2.55. The van der Waals surface area contributed by atoms with Crippen molar-refractivity contribution in [3.05, 3.63) is 56.6 Å². The van der Waals surface area contributed by atoms with Crippen LogP contribution < -0.4 is 15.4 Å². The zero-order valence-corrected chi connectivity index (χ0v) is 24.7. The first-order valence-electron chi connectivity index (χ1n) is 13.3. The lowest BCUT2D eigenvalue weighted by Gasteiger charge is -2.34. The summed E-state index contributed by atoms with van der Waals surface area (Å²) in [6, 6.07) is 9.55. The summed E-state index contributed by atoms with van der Waals surface area (Å²) in [7, 11) is -3.88. The molecule has 0 spiro atoms. The van der Waals surface area contributed by atoms with Gasteiger partial charge in [0.2, 0.25) is 21.8 Å². The van der Waals surface area contributed by atoms with Gasteiger partial charge in [-0.05, 0) is 68.0 Å². The van der Waals surface area contributed by atoms with Crippen molar-refractivity contribution in [1.82, 2.24) is 19.8 Å². The SMILES string of the molecule is CCc1cccc(NC(=O)NC[C@H]2CCCN2C(=O)CN2CCC[C@H](NS(=O)(=O)/C=C/c3ccc(Cl)s3)C2=O)c1. The number of anilines is 1. The van der Waals surface area contributed by atoms with E-state index in [1.54, 1.807) is 17.0 Å². The van der Waals surface area contributed by atoms with Gasteiger partial charge in [0.15, 0.2) is 0 Å². The first kappa shape index (κ1) is 30.0. The molecule has 2 aliphatic heterocycles. The van der Waals surface area contributed by atoms with Gasteiger partial charge in [0, 0.05) is 41.6 Å². The van der Waals surface area contributed by atoms with E-state index in [-0.39, 0.29) is 24.5 Å². The van der Waals surface area contributed by atoms with Crippen LogP contribution in [0.3, 0.4) is 0 Å². The largest absolute Gasteiger partial charge is 0.336 e. The normalized spacial score (nSPS) is 19.8. The van der Waals surface area contributed by atoms with E-state index < -0.39 is 22.0 Å². The number of thiophene rings is 1. The topological polar surface area (TPSA) is 128 Å². The molecule has 3 N–H and O–H groups in total. The maximum Gasteiger partial charge on any atom is 0.319 e. The third-order valence-corrected chi connectivity index (χ3v) is 9.26. The quantitative estimate of drug-likeness (QED) is 0.380. The van der Waals surface area contributed by atoms with Crippen molar-refractivity contribution in [2.75, 3.05) is 31.5 Å². The van der Waals surface area contributed by atoms with Crippen LogP contribution in [0.1, 0.15) is 43.0 Å². The third-order valence-electron chi connectivity index (χ3n) is 6.96. The van der Waals surface area contributed by atoms with Crippen LogP contribution in [-0.2, 0) is 26.0 Å². The second-order valence-corrected chi connectivity index (χ2v) is 13.2. The molecule has 2 saturated heterocycles. The van der Waals surface area contributed by atoms with Crippen LogP contribution in [0.5, 0.6) is 0 Å². The molecule has 2 aromatic rings. The molecule has 216 valence electrons. The third kappa shape index (κ3) is 8.29. The predicted octanol–water partition coefficient (Wildman–Crippen LogP) is 3.66. The number of urea groups is 1. The number of carbonyl (C=O) groups is 3. The number of aryl methyl sites for hydroxylation is 1. The molecule has 0 aliphatic carbocycles. The number of halogens is 1. The first-order chi connectivity index (χ1) is 19.1. The molecule has 13 heteroatoms. The molecule has 0 unspecified atom stereocenters. The zero-order chi connectivity index (χ0) is 28.7. The summed E-state index contributed by atoms with van der Waals surface area (Å²) in [5.74, 6) is -0.634. The molecule has 4 amide bonds. The number of amides is 4. The number of sulfonamides is 1. The number of carbonyl (C=O) groups excluding carboxylic acids is 3. The number of likely N-dealkylation sites (tertiary alicyclic amines) is 2. The highest BCUT2D eigenvalue weighted by molar-refractivity contribution is 7.92. The van der Waals surface area contributed by atoms with E-state index >= 15 is 0 Å². The van der Waals surface area contributed by atoms with Crippen molar-refractivity contribution in [3.63, 3.8) is 0 Å². The summed E-state index contributed by atoms with van der Waals surface area (Å²) >= 11 is 7.13. The molecule has 0 bridgehead atoms. The van der Waals surface area contributed by atoms with Crippen LogP contribution in [-0.4, -0.2) is 74.3 Å². The van der Waals surface area contributed by atoms with Gasteiger partial charge in [0.25, 0.3) is 0 Å². The maximum absolute atomic E-state index is 13.2. The Balaban J connectivity index is 1.28. The molecular formula is C27H34ClN5O5S2. The number of nitrogens with zero attached hydrogens (tertiary/aromatic N) is 2. The highest BCUT2D eigenvalue weighted by Gasteiger charge is 2.35. The fraction of sp³-hybridized carbons (Fsp3) is 0.444. The van der Waals surface area contributed by atoms with Crippen LogP contribution in [0, 0.1) is 0 Å². The van der Waals surface area contributed by atoms with E-state index in [0.717, 1.165) is 30.2 Å². The lowest BCUT2D eigenvalue weighted by atomic mass is 10.1. The predicted molar refractivity (Wildman–Crippen MR) is 158 cm³/mol. The summed E-state index contributed by atoms with van der Waals surface area (Å²) in [5.41, 5.74) is 1.82. The van der Waals surface area contributed by atoms with Crippen molar-refractivity contribution < 1.29 is 22.8 Å². The van der Waals surface area contributed by atoms with Crippen molar-refractivity contribution in [2.45, 2.75) is 51.1 Å². The summed E-state index contributed by atoms with van der Waals surface area (Å²) in [6.45, 7) is 3.13. The summed E-state index contributed by atoms with van der Waals surface area (Å²) in [4.78, 5) is 42.5. The minimum atomic E-state index is -3.88. The molecule has 2 atom stereocenters. The van der Waals surface area contributed by atoms with E-state index in [1.807, 2.05) is 31.2 Å². The lowest BCUT2D eigenvalue weighted by molar-refractivity contribution is -0.143. The zero-order valence-electron chi connectivity index (χ0n) is 22.3. The molecule has 2 fully saturated rings. The second kappa shape index (κ2) is 13.6. The number of rotatable bonds is 10. The molecule has 4 rings (SSSR count). The Labute approximate surface area is 243 Å². The summed E-state index contributed by atoms with van der Waals surface area (Å²) in [5, 5.41) is 6.70. The number of benzene rings is 1. The molecule has 10 nitrogen and oxygen atoms in total. The number of piperidine rings is 1. The van der Waals surface area contributed by atoms with Gasteiger partial charge in [-0.2, -0.15) is 4.72 Å². The average Bonchev–Trinajstić information content (AvgIpc) is 3.57. The molecule has 0 radical (unpaired) electrons. The molecule has 1 aromatic carbocycles. The smallest absolute Gasteiger partial charge is 0.319 e. The van der Waals surface area contributed by atoms with Gasteiger partial charge in [-0.25, -0.2) is 13.2 Å². The van der Waals surface area contributed by atoms with Gasteiger partial charge in [0.1, 0.15) is 6.04 Å². The fourth-order valence-corrected chi connectivity index (χ4v) is 6.97. The van der Waals surface area contributed by atoms with Crippen molar-refractivity contribution in [1.29, 1.82) is 0 Å². The molecule has 2 aliphatic rings. The van der Waals surface area contributed by atoms with Crippen LogP contribution in [0.2, 0.25) is 4.34 Å². The van der Waals surface area contributed by atoms with Gasteiger partial charge < -0.3 is 20.4 Å². The fourth-order valence-electron chi connectivity index (χ4n) is 4.90. The van der Waals surface area contributed by atoms with Crippen LogP contribution in [0.25, 0.3) is 6.08 Å². The van der Waals surface area contributed by atoms with Crippen molar-refractivity contribution >= 4 is 62.6 Å². The van der Waals surface area contributed by atoms with E-state index in [2.05, 4.69) is 15.4 Å². The Morgan fingerprint density at radius 2 is 1.95 bits per heavy atom. The van der Waals surface area contributed by atoms with E-state index in [4.69, 9.17) is 11.6 Å². The van der Waals surface area contributed by atoms with Gasteiger partial charge in [-0.15, -0.1) is 11.3 Å². The van der Waals surface area contributed by atoms with Gasteiger partial charge >= 0.3 is 6.03 Å². The van der Waals surface area contributed by atoms with E-state index in [0.29, 0.717) is 47.4 Å². The molecule has 0 saturated carbocycles. The number of hydrogen-bond acceptors (Lipinski definition) is 6. The van der Waals surface area contributed by atoms with Crippen LogP contribution in [0.4, 0.5) is 10.5 Å². The Hall–Kier alpha value is -2.93. The average molecular weight is 608 g/mol. The highest BCUT2D eigenvalue weighted by Crippen LogP contribution is 2.23. The highest BCUT2D eigenvalue weighted by atomic mass is 35.5. The Kier molecular flexibility index (Phi) is 10.2. The Bertz CT molecular complexity index is 1360. The molecular weight excluding hydrogens is 574 g/mol. The van der Waals surface area contributed by atoms with Gasteiger partial charge in [0.05, 0.1) is 10.9 Å². The van der Waals surface area contributed by atoms with Crippen molar-refractivity contribution in [2.24, 2.45) is 0 Å². The van der Waals surface area contributed by atoms with Crippen LogP contribution in [0.15, 0.2) is 41.8 Å². The maximum atomic E-state index is 13.2. The van der Waals surface area contributed by atoms with Gasteiger partial charge in [-0.3, -0.25) is 9.59 Å². The first-order valence-corrected chi connectivity index (χ1v) is 16.1. The number of nitrogens with one attached hydrogen (secondary N) is 3. The molecule has 40 heavy (non-hydrogen) atoms. The summed E-state index contributed by atoms with van der Waals surface area (Å²) < 4.78 is 28.1. The molecule has 3 heterocycles. The van der Waals surface area contributed by atoms with E-state index in [9.17, 15) is 22.8 Å². The van der Waals surface area contributed by atoms with Crippen molar-refractivity contribution in [3.8, 4) is 0 Å². The standard InChI is InChI=1S/C27H34ClN5O5S2/c1-2-19-6-3-7-20(16-19)30-27(36)29-17-21-8-4-14-33(21)25(34)18-32-13-5-9-23(26(32)35)31-40(37,38)15-12-22-10-11-24(28)39-22/h3,6-7,10-12,15-16,21,23,31H,2,4-5,8-9,13-14,17-18H2,1H3,(H2,29,30,36)/b15-12+/t21-,23+/m1/s1. The van der Waals surface area contributed by atoms with Gasteiger partial charge in [-0.1, -0.05) is 30.7 Å². The monoisotopic (exact) mass is 607 g/mol. The summed E-state index contributed by atoms with van der Waals surface area (Å²) in [6.07, 6.45) is 4.77. The second-order valence-electron chi connectivity index (χ2n) is 9.83. The number of hydrogen-bond donors (Lipinski definition) is 3. The van der Waals surface area contributed by atoms with E-state index in [1.165, 1.54) is 22.3 Å². The molecule has 1 aromatic heterocycles. The minimum absolute atomic E-state index is 0.132.